The first-order valence-corrected chi connectivity index (χ1v) is 9.89. The van der Waals surface area contributed by atoms with E-state index < -0.39 is 52.0 Å². The molecule has 12 heteroatoms. The maximum atomic E-state index is 15.3. The predicted molar refractivity (Wildman–Crippen MR) is 109 cm³/mol. The first-order valence-electron chi connectivity index (χ1n) is 9.89. The van der Waals surface area contributed by atoms with Crippen LogP contribution in [0.5, 0.6) is 5.75 Å². The number of ether oxygens (including phenoxy) is 1. The van der Waals surface area contributed by atoms with Crippen molar-refractivity contribution in [3.05, 3.63) is 33.4 Å². The minimum atomic E-state index is -1.86. The van der Waals surface area contributed by atoms with Crippen LogP contribution < -0.4 is 20.8 Å². The van der Waals surface area contributed by atoms with E-state index in [4.69, 9.17) is 15.3 Å². The normalized spacial score (nSPS) is 20.1. The monoisotopic (exact) mass is 454 g/mol. The van der Waals surface area contributed by atoms with Gasteiger partial charge >= 0.3 is 5.97 Å². The van der Waals surface area contributed by atoms with Crippen LogP contribution in [0.1, 0.15) is 35.7 Å². The van der Waals surface area contributed by atoms with Crippen LogP contribution in [-0.2, 0) is 4.84 Å². The molecule has 1 atom stereocenters. The lowest BCUT2D eigenvalue weighted by molar-refractivity contribution is 0.0688. The van der Waals surface area contributed by atoms with Crippen LogP contribution in [0.15, 0.2) is 9.95 Å². The van der Waals surface area contributed by atoms with Crippen LogP contribution in [0.25, 0.3) is 10.9 Å². The van der Waals surface area contributed by atoms with E-state index in [-0.39, 0.29) is 30.0 Å². The molecular formula is C20H21F3N4O5. The molecule has 1 aliphatic heterocycles. The molecule has 2 fully saturated rings. The molecule has 1 aliphatic carbocycles. The summed E-state index contributed by atoms with van der Waals surface area (Å²) in [5, 5.41) is 12.3. The van der Waals surface area contributed by atoms with Gasteiger partial charge in [0.2, 0.25) is 11.4 Å². The van der Waals surface area contributed by atoms with Gasteiger partial charge in [-0.2, -0.15) is 4.39 Å². The second-order valence-electron chi connectivity index (χ2n) is 7.70. The van der Waals surface area contributed by atoms with E-state index >= 15 is 13.2 Å². The number of nitrogens with zero attached hydrogens (tertiary/aromatic N) is 3. The fourth-order valence-electron chi connectivity index (χ4n) is 4.16. The molecule has 4 rings (SSSR count). The van der Waals surface area contributed by atoms with Gasteiger partial charge in [-0.3, -0.25) is 4.79 Å². The Morgan fingerprint density at radius 3 is 2.44 bits per heavy atom. The number of carboxylic acids is 1. The number of hydrogen-bond donors (Lipinski definition) is 2. The number of carboxylic acid groups (broad SMARTS) is 1. The van der Waals surface area contributed by atoms with E-state index in [1.54, 1.807) is 0 Å². The quantitative estimate of drug-likeness (QED) is 0.524. The van der Waals surface area contributed by atoms with Gasteiger partial charge in [0.25, 0.3) is 0 Å². The Bertz CT molecular complexity index is 1210. The Morgan fingerprint density at radius 2 is 1.91 bits per heavy atom. The van der Waals surface area contributed by atoms with E-state index in [1.807, 2.05) is 0 Å². The second kappa shape index (κ2) is 8.01. The number of halogens is 3. The molecule has 1 saturated carbocycles. The maximum Gasteiger partial charge on any atom is 0.344 e. The van der Waals surface area contributed by atoms with Gasteiger partial charge in [0.05, 0.1) is 24.2 Å². The minimum Gasteiger partial charge on any atom is -0.492 e. The lowest BCUT2D eigenvalue weighted by Crippen LogP contribution is -2.49. The first-order chi connectivity index (χ1) is 15.2. The highest BCUT2D eigenvalue weighted by Crippen LogP contribution is 2.45. The van der Waals surface area contributed by atoms with Crippen molar-refractivity contribution >= 4 is 28.3 Å². The molecule has 2 aliphatic rings. The number of benzene rings is 1. The van der Waals surface area contributed by atoms with Crippen molar-refractivity contribution in [2.75, 3.05) is 32.2 Å². The summed E-state index contributed by atoms with van der Waals surface area (Å²) in [6.45, 7) is 0.210. The molecule has 2 heterocycles. The number of pyridine rings is 1. The van der Waals surface area contributed by atoms with Crippen molar-refractivity contribution in [2.45, 2.75) is 31.3 Å². The number of piperidine rings is 1. The highest BCUT2D eigenvalue weighted by Gasteiger charge is 2.38. The number of methoxy groups -OCH3 is 1. The molecule has 32 heavy (non-hydrogen) atoms. The van der Waals surface area contributed by atoms with Gasteiger partial charge in [-0.05, 0) is 12.8 Å². The Labute approximate surface area is 179 Å². The molecule has 172 valence electrons. The zero-order valence-electron chi connectivity index (χ0n) is 17.3. The van der Waals surface area contributed by atoms with Crippen LogP contribution in [0.2, 0.25) is 0 Å². The van der Waals surface area contributed by atoms with E-state index in [9.17, 15) is 14.7 Å². The number of rotatable bonds is 5. The van der Waals surface area contributed by atoms with Gasteiger partial charge in [0.1, 0.15) is 18.3 Å². The summed E-state index contributed by atoms with van der Waals surface area (Å²) >= 11 is 0. The molecule has 1 saturated heterocycles. The number of anilines is 1. The number of aromatic nitrogens is 1. The molecule has 0 amide bonds. The van der Waals surface area contributed by atoms with E-state index in [0.29, 0.717) is 25.0 Å². The third kappa shape index (κ3) is 3.25. The Balaban J connectivity index is 2.03. The van der Waals surface area contributed by atoms with Crippen LogP contribution in [0.3, 0.4) is 0 Å². The molecule has 0 radical (unpaired) electrons. The second-order valence-corrected chi connectivity index (χ2v) is 7.70. The van der Waals surface area contributed by atoms with Crippen molar-refractivity contribution in [1.82, 2.24) is 4.57 Å². The highest BCUT2D eigenvalue weighted by atomic mass is 19.2. The fraction of sp³-hybridized carbons (Fsp3) is 0.450. The zero-order valence-corrected chi connectivity index (χ0v) is 17.3. The Morgan fingerprint density at radius 1 is 1.22 bits per heavy atom. The van der Waals surface area contributed by atoms with Gasteiger partial charge in [0, 0.05) is 25.6 Å². The molecule has 0 bridgehead atoms. The smallest absolute Gasteiger partial charge is 0.344 e. The number of nitrogens with two attached hydrogens (primary N) is 1. The number of fused-ring (bicyclic) bond motifs is 1. The van der Waals surface area contributed by atoms with Crippen LogP contribution >= 0.6 is 0 Å². The van der Waals surface area contributed by atoms with Crippen molar-refractivity contribution in [3.8, 4) is 5.75 Å². The summed E-state index contributed by atoms with van der Waals surface area (Å²) in [4.78, 5) is 30.4. The largest absolute Gasteiger partial charge is 0.492 e. The SMILES string of the molecule is CON=C1CCN(c2c(F)c(F)c3c(=O)c(C(=O)O)c(F)n(C4CC4)c3c2OC)CC1N. The summed E-state index contributed by atoms with van der Waals surface area (Å²) in [5.41, 5.74) is 3.30. The Hall–Kier alpha value is -3.28. The molecule has 2 aromatic rings. The topological polar surface area (TPSA) is 119 Å². The van der Waals surface area contributed by atoms with E-state index in [2.05, 4.69) is 5.16 Å². The van der Waals surface area contributed by atoms with Crippen molar-refractivity contribution < 1.29 is 32.6 Å². The molecule has 1 unspecified atom stereocenters. The fourth-order valence-corrected chi connectivity index (χ4v) is 4.16. The molecule has 9 nitrogen and oxygen atoms in total. The molecule has 3 N–H and O–H groups in total. The standard InChI is InChI=1S/C20H21F3N4O5/c1-31-18-15-11(17(28)12(20(29)30)19(23)27(15)8-3-4-8)13(21)14(22)16(18)26-6-5-10(25-32-2)9(24)7-26/h8-9H,3-7,24H2,1-2H3,(H,29,30). The highest BCUT2D eigenvalue weighted by molar-refractivity contribution is 5.98. The number of carbonyl (C=O) groups is 1. The van der Waals surface area contributed by atoms with Gasteiger partial charge in [0.15, 0.2) is 22.9 Å². The van der Waals surface area contributed by atoms with Crippen molar-refractivity contribution in [1.29, 1.82) is 0 Å². The number of hydrogen-bond acceptors (Lipinski definition) is 7. The summed E-state index contributed by atoms with van der Waals surface area (Å²) < 4.78 is 52.0. The maximum absolute atomic E-state index is 15.3. The number of aromatic carboxylic acids is 1. The molecule has 0 spiro atoms. The van der Waals surface area contributed by atoms with Gasteiger partial charge in [-0.15, -0.1) is 0 Å². The van der Waals surface area contributed by atoms with E-state index in [1.165, 1.54) is 19.1 Å². The lowest BCUT2D eigenvalue weighted by Gasteiger charge is -2.34. The van der Waals surface area contributed by atoms with Crippen LogP contribution in [0.4, 0.5) is 18.9 Å². The third-order valence-electron chi connectivity index (χ3n) is 5.74. The predicted octanol–water partition coefficient (Wildman–Crippen LogP) is 2.00. The molecule has 1 aromatic carbocycles. The Kier molecular flexibility index (Phi) is 5.49. The van der Waals surface area contributed by atoms with Gasteiger partial charge < -0.3 is 29.9 Å². The summed E-state index contributed by atoms with van der Waals surface area (Å²) in [5.74, 6) is -6.42. The number of oxime groups is 1. The first kappa shape index (κ1) is 21.9. The van der Waals surface area contributed by atoms with Gasteiger partial charge in [-0.1, -0.05) is 5.16 Å². The third-order valence-corrected chi connectivity index (χ3v) is 5.74. The zero-order chi connectivity index (χ0) is 23.3. The van der Waals surface area contributed by atoms with Crippen molar-refractivity contribution in [3.63, 3.8) is 0 Å². The van der Waals surface area contributed by atoms with Crippen LogP contribution in [-0.4, -0.2) is 54.7 Å². The average Bonchev–Trinajstić information content (AvgIpc) is 3.56. The van der Waals surface area contributed by atoms with Crippen LogP contribution in [0, 0.1) is 17.6 Å². The van der Waals surface area contributed by atoms with Gasteiger partial charge in [-0.25, -0.2) is 13.6 Å². The lowest BCUT2D eigenvalue weighted by atomic mass is 10.0. The summed E-state index contributed by atoms with van der Waals surface area (Å²) in [6.07, 6.45) is 1.26. The molecule has 1 aromatic heterocycles. The summed E-state index contributed by atoms with van der Waals surface area (Å²) in [6, 6.07) is -1.16. The van der Waals surface area contributed by atoms with Crippen molar-refractivity contribution in [2.24, 2.45) is 10.9 Å². The summed E-state index contributed by atoms with van der Waals surface area (Å²) in [7, 11) is 2.55. The van der Waals surface area contributed by atoms with E-state index in [0.717, 1.165) is 4.57 Å². The molecular weight excluding hydrogens is 433 g/mol. The average molecular weight is 454 g/mol. The minimum absolute atomic E-state index is 0.0315.